The van der Waals surface area contributed by atoms with Crippen molar-refractivity contribution in [3.63, 3.8) is 0 Å². The van der Waals surface area contributed by atoms with Gasteiger partial charge in [0.05, 0.1) is 12.2 Å². The molecule has 1 nitrogen and oxygen atoms in total. The summed E-state index contributed by atoms with van der Waals surface area (Å²) >= 11 is 7.31. The van der Waals surface area contributed by atoms with Crippen LogP contribution in [0.5, 0.6) is 0 Å². The van der Waals surface area contributed by atoms with E-state index in [0.29, 0.717) is 21.9 Å². The molecule has 0 N–H and O–H groups in total. The Bertz CT molecular complexity index is 135. The molecule has 4 atom stereocenters. The predicted octanol–water partition coefficient (Wildman–Crippen LogP) is 2.85. The second-order valence-electron chi connectivity index (χ2n) is 3.40. The second-order valence-corrected chi connectivity index (χ2v) is 5.75. The van der Waals surface area contributed by atoms with Crippen LogP contribution in [0.4, 0.5) is 0 Å². The molecule has 64 valence electrons. The molecule has 2 bridgehead atoms. The third-order valence-electron chi connectivity index (χ3n) is 2.61. The van der Waals surface area contributed by atoms with Gasteiger partial charge in [0.25, 0.3) is 0 Å². The van der Waals surface area contributed by atoms with Gasteiger partial charge in [-0.1, -0.05) is 31.9 Å². The molecule has 0 saturated carbocycles. The molecule has 3 heteroatoms. The highest BCUT2D eigenvalue weighted by Crippen LogP contribution is 2.37. The summed E-state index contributed by atoms with van der Waals surface area (Å²) in [6, 6.07) is 0. The Kier molecular flexibility index (Phi) is 2.59. The van der Waals surface area contributed by atoms with Crippen molar-refractivity contribution in [1.82, 2.24) is 0 Å². The quantitative estimate of drug-likeness (QED) is 0.621. The van der Waals surface area contributed by atoms with E-state index < -0.39 is 0 Å². The van der Waals surface area contributed by atoms with E-state index in [1.165, 1.54) is 25.7 Å². The third-order valence-corrected chi connectivity index (χ3v) is 4.71. The van der Waals surface area contributed by atoms with Crippen LogP contribution in [-0.4, -0.2) is 21.9 Å². The van der Waals surface area contributed by atoms with Crippen molar-refractivity contribution in [2.45, 2.75) is 47.5 Å². The Morgan fingerprint density at radius 1 is 0.818 bits per heavy atom. The van der Waals surface area contributed by atoms with E-state index in [2.05, 4.69) is 31.9 Å². The maximum Gasteiger partial charge on any atom is 0.0704 e. The number of ether oxygens (including phenoxy) is 1. The van der Waals surface area contributed by atoms with Crippen LogP contribution in [0, 0.1) is 0 Å². The molecule has 0 aliphatic carbocycles. The van der Waals surface area contributed by atoms with Gasteiger partial charge in [0, 0.05) is 9.65 Å². The van der Waals surface area contributed by atoms with E-state index in [1.54, 1.807) is 0 Å². The van der Waals surface area contributed by atoms with Crippen molar-refractivity contribution in [2.75, 3.05) is 0 Å². The van der Waals surface area contributed by atoms with Gasteiger partial charge in [0.1, 0.15) is 0 Å². The summed E-state index contributed by atoms with van der Waals surface area (Å²) in [6.07, 6.45) is 5.95. The molecule has 2 fully saturated rings. The van der Waals surface area contributed by atoms with Crippen LogP contribution in [0.3, 0.4) is 0 Å². The first-order valence-electron chi connectivity index (χ1n) is 4.21. The minimum absolute atomic E-state index is 0.488. The summed E-state index contributed by atoms with van der Waals surface area (Å²) in [5, 5.41) is 0. The van der Waals surface area contributed by atoms with Crippen molar-refractivity contribution in [3.8, 4) is 0 Å². The molecule has 0 unspecified atom stereocenters. The number of fused-ring (bicyclic) bond motifs is 2. The number of rotatable bonds is 0. The number of alkyl halides is 2. The third kappa shape index (κ3) is 1.65. The maximum absolute atomic E-state index is 5.85. The normalized spacial score (nSPS) is 50.7. The average Bonchev–Trinajstić information content (AvgIpc) is 2.02. The maximum atomic E-state index is 5.85. The largest absolute Gasteiger partial charge is 0.373 e. The number of hydrogen-bond donors (Lipinski definition) is 0. The van der Waals surface area contributed by atoms with E-state index in [-0.39, 0.29) is 0 Å². The molecule has 2 heterocycles. The van der Waals surface area contributed by atoms with Crippen LogP contribution in [0.15, 0.2) is 0 Å². The molecule has 2 aliphatic rings. The van der Waals surface area contributed by atoms with Crippen LogP contribution in [-0.2, 0) is 4.74 Å². The van der Waals surface area contributed by atoms with Crippen LogP contribution >= 0.6 is 31.9 Å². The first-order valence-corrected chi connectivity index (χ1v) is 6.04. The summed E-state index contributed by atoms with van der Waals surface area (Å²) in [7, 11) is 0. The van der Waals surface area contributed by atoms with E-state index in [4.69, 9.17) is 4.74 Å². The van der Waals surface area contributed by atoms with Crippen molar-refractivity contribution in [2.24, 2.45) is 0 Å². The fraction of sp³-hybridized carbons (Fsp3) is 1.00. The van der Waals surface area contributed by atoms with Gasteiger partial charge in [-0.3, -0.25) is 0 Å². The minimum Gasteiger partial charge on any atom is -0.373 e. The topological polar surface area (TPSA) is 9.23 Å². The first kappa shape index (κ1) is 8.52. The molecule has 0 aromatic heterocycles. The molecule has 2 saturated heterocycles. The van der Waals surface area contributed by atoms with Gasteiger partial charge in [-0.15, -0.1) is 0 Å². The highest BCUT2D eigenvalue weighted by molar-refractivity contribution is 9.09. The Morgan fingerprint density at radius 3 is 1.73 bits per heavy atom. The SMILES string of the molecule is Br[C@@H]1CC[C@H]2O[C@@H]1CC[C@H]2Br. The fourth-order valence-electron chi connectivity index (χ4n) is 1.91. The summed E-state index contributed by atoms with van der Waals surface area (Å²) < 4.78 is 5.85. The molecule has 2 aliphatic heterocycles. The van der Waals surface area contributed by atoms with Gasteiger partial charge in [-0.2, -0.15) is 0 Å². The van der Waals surface area contributed by atoms with Crippen LogP contribution in [0.1, 0.15) is 25.7 Å². The number of halogens is 2. The molecule has 2 rings (SSSR count). The highest BCUT2D eigenvalue weighted by atomic mass is 79.9. The zero-order valence-electron chi connectivity index (χ0n) is 6.30. The van der Waals surface area contributed by atoms with E-state index in [1.807, 2.05) is 0 Å². The van der Waals surface area contributed by atoms with Gasteiger partial charge >= 0.3 is 0 Å². The highest BCUT2D eigenvalue weighted by Gasteiger charge is 2.37. The Morgan fingerprint density at radius 2 is 1.27 bits per heavy atom. The Balaban J connectivity index is 2.02. The molecular formula is C8H12Br2O. The summed E-state index contributed by atoms with van der Waals surface area (Å²) in [5.41, 5.74) is 0. The monoisotopic (exact) mass is 282 g/mol. The van der Waals surface area contributed by atoms with E-state index in [0.717, 1.165) is 0 Å². The Hall–Kier alpha value is 0.920. The zero-order chi connectivity index (χ0) is 7.84. The van der Waals surface area contributed by atoms with Crippen molar-refractivity contribution in [3.05, 3.63) is 0 Å². The molecule has 0 aromatic rings. The minimum atomic E-state index is 0.488. The van der Waals surface area contributed by atoms with Gasteiger partial charge in [0.2, 0.25) is 0 Å². The van der Waals surface area contributed by atoms with Crippen molar-refractivity contribution < 1.29 is 4.74 Å². The van der Waals surface area contributed by atoms with Gasteiger partial charge in [-0.05, 0) is 25.7 Å². The Labute approximate surface area is 84.1 Å². The average molecular weight is 284 g/mol. The summed E-state index contributed by atoms with van der Waals surface area (Å²) in [6.45, 7) is 0. The van der Waals surface area contributed by atoms with Gasteiger partial charge in [0.15, 0.2) is 0 Å². The number of hydrogen-bond acceptors (Lipinski definition) is 1. The summed E-state index contributed by atoms with van der Waals surface area (Å²) in [4.78, 5) is 1.22. The van der Waals surface area contributed by atoms with Crippen LogP contribution < -0.4 is 0 Å². The van der Waals surface area contributed by atoms with Gasteiger partial charge in [-0.25, -0.2) is 0 Å². The molecule has 0 amide bonds. The fourth-order valence-corrected chi connectivity index (χ4v) is 3.22. The first-order chi connectivity index (χ1) is 5.27. The molecule has 11 heavy (non-hydrogen) atoms. The molecular weight excluding hydrogens is 272 g/mol. The lowest BCUT2D eigenvalue weighted by atomic mass is 9.92. The smallest absolute Gasteiger partial charge is 0.0704 e. The molecule has 0 spiro atoms. The second kappa shape index (κ2) is 3.35. The lowest BCUT2D eigenvalue weighted by molar-refractivity contribution is -0.0719. The van der Waals surface area contributed by atoms with Crippen molar-refractivity contribution >= 4 is 31.9 Å². The summed E-state index contributed by atoms with van der Waals surface area (Å²) in [5.74, 6) is 0. The molecule has 0 aromatic carbocycles. The standard InChI is InChI=1S/C8H12Br2O/c9-5-1-3-7-6(10)2-4-8(5)11-7/h5-8H,1-4H2/t5-,6-,7-,8-/m1/s1. The predicted molar refractivity (Wildman–Crippen MR) is 52.6 cm³/mol. The van der Waals surface area contributed by atoms with Crippen molar-refractivity contribution in [1.29, 1.82) is 0 Å². The molecule has 0 radical (unpaired) electrons. The van der Waals surface area contributed by atoms with Gasteiger partial charge < -0.3 is 4.74 Å². The van der Waals surface area contributed by atoms with E-state index in [9.17, 15) is 0 Å². The van der Waals surface area contributed by atoms with Crippen LogP contribution in [0.25, 0.3) is 0 Å². The van der Waals surface area contributed by atoms with E-state index >= 15 is 0 Å². The lowest BCUT2D eigenvalue weighted by Crippen LogP contribution is -2.44. The lowest BCUT2D eigenvalue weighted by Gasteiger charge is -2.40. The van der Waals surface area contributed by atoms with Crippen LogP contribution in [0.2, 0.25) is 0 Å². The zero-order valence-corrected chi connectivity index (χ0v) is 9.47.